The van der Waals surface area contributed by atoms with Gasteiger partial charge in [0.05, 0.1) is 18.8 Å². The standard InChI is InChI=1S/C14H20N4O/c1-2-14(12-6-4-3-5-7-12)15-10-13-11-18(8-9-19)17-16-13/h3-7,11,14-15,19H,2,8-10H2,1H3. The maximum absolute atomic E-state index is 8.83. The Morgan fingerprint density at radius 2 is 2.11 bits per heavy atom. The van der Waals surface area contributed by atoms with Gasteiger partial charge in [0.2, 0.25) is 0 Å². The van der Waals surface area contributed by atoms with E-state index in [4.69, 9.17) is 5.11 Å². The zero-order chi connectivity index (χ0) is 13.5. The molecule has 19 heavy (non-hydrogen) atoms. The number of rotatable bonds is 7. The van der Waals surface area contributed by atoms with Gasteiger partial charge in [0, 0.05) is 18.8 Å². The number of benzene rings is 1. The van der Waals surface area contributed by atoms with E-state index < -0.39 is 0 Å². The van der Waals surface area contributed by atoms with Crippen molar-refractivity contribution in [2.24, 2.45) is 0 Å². The van der Waals surface area contributed by atoms with Gasteiger partial charge >= 0.3 is 0 Å². The van der Waals surface area contributed by atoms with Crippen LogP contribution >= 0.6 is 0 Å². The van der Waals surface area contributed by atoms with E-state index in [0.29, 0.717) is 19.1 Å². The normalized spacial score (nSPS) is 12.5. The zero-order valence-corrected chi connectivity index (χ0v) is 11.2. The third kappa shape index (κ3) is 3.87. The van der Waals surface area contributed by atoms with Gasteiger partial charge in [-0.2, -0.15) is 0 Å². The second-order valence-corrected chi connectivity index (χ2v) is 4.45. The Kier molecular flexibility index (Phi) is 5.06. The monoisotopic (exact) mass is 260 g/mol. The molecule has 0 spiro atoms. The van der Waals surface area contributed by atoms with Gasteiger partial charge in [-0.25, -0.2) is 4.68 Å². The summed E-state index contributed by atoms with van der Waals surface area (Å²) in [5.41, 5.74) is 2.18. The van der Waals surface area contributed by atoms with Crippen molar-refractivity contribution in [3.63, 3.8) is 0 Å². The Morgan fingerprint density at radius 1 is 1.32 bits per heavy atom. The van der Waals surface area contributed by atoms with Crippen LogP contribution in [0.2, 0.25) is 0 Å². The minimum Gasteiger partial charge on any atom is -0.394 e. The molecule has 0 aliphatic carbocycles. The Labute approximate surface area is 113 Å². The highest BCUT2D eigenvalue weighted by Gasteiger charge is 2.09. The van der Waals surface area contributed by atoms with Crippen molar-refractivity contribution < 1.29 is 5.11 Å². The molecule has 0 aliphatic heterocycles. The number of nitrogens with one attached hydrogen (secondary N) is 1. The van der Waals surface area contributed by atoms with Crippen LogP contribution in [0, 0.1) is 0 Å². The predicted octanol–water partition coefficient (Wildman–Crippen LogP) is 1.51. The average Bonchev–Trinajstić information content (AvgIpc) is 2.89. The maximum atomic E-state index is 8.83. The molecule has 2 N–H and O–H groups in total. The second kappa shape index (κ2) is 7.01. The molecule has 1 heterocycles. The Bertz CT molecular complexity index is 483. The van der Waals surface area contributed by atoms with Crippen molar-refractivity contribution in [2.75, 3.05) is 6.61 Å². The molecule has 102 valence electrons. The molecule has 1 atom stereocenters. The van der Waals surface area contributed by atoms with Crippen molar-refractivity contribution in [1.29, 1.82) is 0 Å². The first-order chi connectivity index (χ1) is 9.33. The smallest absolute Gasteiger partial charge is 0.0965 e. The third-order valence-electron chi connectivity index (χ3n) is 3.05. The van der Waals surface area contributed by atoms with E-state index in [1.54, 1.807) is 4.68 Å². The Hall–Kier alpha value is -1.72. The number of aromatic nitrogens is 3. The molecule has 1 aromatic carbocycles. The first-order valence-corrected chi connectivity index (χ1v) is 6.61. The first kappa shape index (κ1) is 13.7. The van der Waals surface area contributed by atoms with Gasteiger partial charge in [-0.15, -0.1) is 5.10 Å². The van der Waals surface area contributed by atoms with E-state index in [1.165, 1.54) is 5.56 Å². The largest absolute Gasteiger partial charge is 0.394 e. The molecule has 5 heteroatoms. The fourth-order valence-corrected chi connectivity index (χ4v) is 2.04. The second-order valence-electron chi connectivity index (χ2n) is 4.45. The predicted molar refractivity (Wildman–Crippen MR) is 73.4 cm³/mol. The molecular formula is C14H20N4O. The van der Waals surface area contributed by atoms with Gasteiger partial charge in [0.1, 0.15) is 0 Å². The summed E-state index contributed by atoms with van der Waals surface area (Å²) in [5, 5.41) is 20.3. The molecule has 0 fully saturated rings. The number of aliphatic hydroxyl groups is 1. The summed E-state index contributed by atoms with van der Waals surface area (Å²) in [5.74, 6) is 0. The summed E-state index contributed by atoms with van der Waals surface area (Å²) in [6.45, 7) is 3.41. The van der Waals surface area contributed by atoms with E-state index in [1.807, 2.05) is 12.3 Å². The van der Waals surface area contributed by atoms with E-state index in [-0.39, 0.29) is 6.61 Å². The van der Waals surface area contributed by atoms with Gasteiger partial charge in [-0.3, -0.25) is 0 Å². The van der Waals surface area contributed by atoms with Crippen LogP contribution in [0.15, 0.2) is 36.5 Å². The summed E-state index contributed by atoms with van der Waals surface area (Å²) in [4.78, 5) is 0. The molecule has 5 nitrogen and oxygen atoms in total. The minimum absolute atomic E-state index is 0.0812. The highest BCUT2D eigenvalue weighted by Crippen LogP contribution is 2.16. The summed E-state index contributed by atoms with van der Waals surface area (Å²) in [6.07, 6.45) is 2.88. The lowest BCUT2D eigenvalue weighted by Crippen LogP contribution is -2.20. The Balaban J connectivity index is 1.92. The van der Waals surface area contributed by atoms with Crippen LogP contribution in [-0.4, -0.2) is 26.7 Å². The van der Waals surface area contributed by atoms with Crippen LogP contribution in [0.4, 0.5) is 0 Å². The fraction of sp³-hybridized carbons (Fsp3) is 0.429. The van der Waals surface area contributed by atoms with E-state index >= 15 is 0 Å². The lowest BCUT2D eigenvalue weighted by Gasteiger charge is -2.16. The average molecular weight is 260 g/mol. The highest BCUT2D eigenvalue weighted by molar-refractivity contribution is 5.18. The van der Waals surface area contributed by atoms with Crippen LogP contribution in [0.25, 0.3) is 0 Å². The topological polar surface area (TPSA) is 63.0 Å². The highest BCUT2D eigenvalue weighted by atomic mass is 16.3. The number of aliphatic hydroxyl groups excluding tert-OH is 1. The summed E-state index contributed by atoms with van der Waals surface area (Å²) < 4.78 is 1.65. The van der Waals surface area contributed by atoms with Crippen LogP contribution in [0.3, 0.4) is 0 Å². The lowest BCUT2D eigenvalue weighted by atomic mass is 10.0. The maximum Gasteiger partial charge on any atom is 0.0965 e. The molecule has 2 aromatic rings. The fourth-order valence-electron chi connectivity index (χ4n) is 2.04. The lowest BCUT2D eigenvalue weighted by molar-refractivity contribution is 0.268. The molecule has 0 bridgehead atoms. The van der Waals surface area contributed by atoms with Gasteiger partial charge in [-0.1, -0.05) is 42.5 Å². The summed E-state index contributed by atoms with van der Waals surface area (Å²) >= 11 is 0. The molecule has 2 rings (SSSR count). The molecular weight excluding hydrogens is 240 g/mol. The summed E-state index contributed by atoms with van der Waals surface area (Å²) in [6, 6.07) is 10.7. The molecule has 0 amide bonds. The number of nitrogens with zero attached hydrogens (tertiary/aromatic N) is 3. The minimum atomic E-state index is 0.0812. The van der Waals surface area contributed by atoms with Crippen molar-refractivity contribution in [3.05, 3.63) is 47.8 Å². The molecule has 0 aliphatic rings. The third-order valence-corrected chi connectivity index (χ3v) is 3.05. The quantitative estimate of drug-likeness (QED) is 0.792. The van der Waals surface area contributed by atoms with Crippen LogP contribution in [-0.2, 0) is 13.1 Å². The molecule has 0 radical (unpaired) electrons. The van der Waals surface area contributed by atoms with Crippen LogP contribution < -0.4 is 5.32 Å². The van der Waals surface area contributed by atoms with Crippen molar-refractivity contribution >= 4 is 0 Å². The van der Waals surface area contributed by atoms with E-state index in [2.05, 4.69) is 46.8 Å². The molecule has 1 unspecified atom stereocenters. The number of hydrogen-bond acceptors (Lipinski definition) is 4. The summed E-state index contributed by atoms with van der Waals surface area (Å²) in [7, 11) is 0. The van der Waals surface area contributed by atoms with Gasteiger partial charge < -0.3 is 10.4 Å². The molecule has 0 saturated carbocycles. The zero-order valence-electron chi connectivity index (χ0n) is 11.2. The van der Waals surface area contributed by atoms with Gasteiger partial charge in [0.25, 0.3) is 0 Å². The molecule has 1 aromatic heterocycles. The Morgan fingerprint density at radius 3 is 2.79 bits per heavy atom. The SMILES string of the molecule is CCC(NCc1cn(CCO)nn1)c1ccccc1. The first-order valence-electron chi connectivity index (χ1n) is 6.61. The van der Waals surface area contributed by atoms with Crippen LogP contribution in [0.1, 0.15) is 30.6 Å². The van der Waals surface area contributed by atoms with Crippen molar-refractivity contribution in [3.8, 4) is 0 Å². The van der Waals surface area contributed by atoms with Crippen LogP contribution in [0.5, 0.6) is 0 Å². The molecule has 0 saturated heterocycles. The van der Waals surface area contributed by atoms with Gasteiger partial charge in [0.15, 0.2) is 0 Å². The van der Waals surface area contributed by atoms with Gasteiger partial charge in [-0.05, 0) is 12.0 Å². The van der Waals surface area contributed by atoms with Crippen molar-refractivity contribution in [1.82, 2.24) is 20.3 Å². The van der Waals surface area contributed by atoms with E-state index in [0.717, 1.165) is 12.1 Å². The van der Waals surface area contributed by atoms with Crippen molar-refractivity contribution in [2.45, 2.75) is 32.5 Å². The number of hydrogen-bond donors (Lipinski definition) is 2. The van der Waals surface area contributed by atoms with E-state index in [9.17, 15) is 0 Å².